The molecule has 0 aliphatic heterocycles. The van der Waals surface area contributed by atoms with E-state index in [9.17, 15) is 13.2 Å². The number of rotatable bonds is 8. The average molecular weight is 477 g/mol. The molecule has 1 amide bonds. The number of carbonyl (C=O) groups is 1. The van der Waals surface area contributed by atoms with Crippen molar-refractivity contribution >= 4 is 39.1 Å². The van der Waals surface area contributed by atoms with Crippen molar-refractivity contribution in [2.24, 2.45) is 0 Å². The Kier molecular flexibility index (Phi) is 7.73. The Morgan fingerprint density at radius 2 is 1.55 bits per heavy atom. The van der Waals surface area contributed by atoms with Crippen molar-refractivity contribution in [3.05, 3.63) is 93.5 Å². The molecule has 0 unspecified atom stereocenters. The van der Waals surface area contributed by atoms with Gasteiger partial charge in [-0.25, -0.2) is 13.1 Å². The van der Waals surface area contributed by atoms with Crippen molar-refractivity contribution < 1.29 is 13.2 Å². The highest BCUT2D eigenvalue weighted by molar-refractivity contribution is 7.88. The van der Waals surface area contributed by atoms with Crippen LogP contribution in [0.2, 0.25) is 10.0 Å². The summed E-state index contributed by atoms with van der Waals surface area (Å²) >= 11 is 12.9. The van der Waals surface area contributed by atoms with Gasteiger partial charge in [0.1, 0.15) is 0 Å². The first-order chi connectivity index (χ1) is 14.8. The number of amides is 1. The van der Waals surface area contributed by atoms with Gasteiger partial charge in [-0.15, -0.1) is 0 Å². The molecule has 3 aromatic carbocycles. The summed E-state index contributed by atoms with van der Waals surface area (Å²) in [6.45, 7) is 0.529. The molecule has 0 aliphatic rings. The summed E-state index contributed by atoms with van der Waals surface area (Å²) in [6.07, 6.45) is 1.80. The van der Waals surface area contributed by atoms with E-state index in [1.165, 1.54) is 0 Å². The van der Waals surface area contributed by atoms with Gasteiger partial charge in [0.25, 0.3) is 5.91 Å². The molecular formula is C23H22Cl2N2O3S. The van der Waals surface area contributed by atoms with Gasteiger partial charge in [-0.2, -0.15) is 0 Å². The van der Waals surface area contributed by atoms with Crippen LogP contribution in [-0.2, 0) is 23.0 Å². The van der Waals surface area contributed by atoms with Gasteiger partial charge in [0.2, 0.25) is 10.0 Å². The van der Waals surface area contributed by atoms with Gasteiger partial charge in [0.15, 0.2) is 0 Å². The molecule has 3 aromatic rings. The van der Waals surface area contributed by atoms with E-state index in [0.717, 1.165) is 18.2 Å². The molecule has 0 atom stereocenters. The van der Waals surface area contributed by atoms with E-state index in [4.69, 9.17) is 23.2 Å². The quantitative estimate of drug-likeness (QED) is 0.495. The van der Waals surface area contributed by atoms with E-state index in [1.54, 1.807) is 30.3 Å². The summed E-state index contributed by atoms with van der Waals surface area (Å²) in [5.41, 5.74) is 3.42. The van der Waals surface area contributed by atoms with E-state index in [-0.39, 0.29) is 22.5 Å². The Balaban J connectivity index is 1.80. The lowest BCUT2D eigenvalue weighted by Gasteiger charge is -2.14. The lowest BCUT2D eigenvalue weighted by atomic mass is 9.98. The maximum Gasteiger partial charge on any atom is 0.251 e. The largest absolute Gasteiger partial charge is 0.352 e. The summed E-state index contributed by atoms with van der Waals surface area (Å²) in [5, 5.41) is 3.46. The van der Waals surface area contributed by atoms with Crippen LogP contribution < -0.4 is 10.0 Å². The predicted octanol–water partition coefficient (Wildman–Crippen LogP) is 4.68. The van der Waals surface area contributed by atoms with Gasteiger partial charge in [-0.3, -0.25) is 4.79 Å². The highest BCUT2D eigenvalue weighted by Crippen LogP contribution is 2.37. The third kappa shape index (κ3) is 6.31. The fourth-order valence-corrected chi connectivity index (χ4v) is 4.05. The minimum Gasteiger partial charge on any atom is -0.352 e. The summed E-state index contributed by atoms with van der Waals surface area (Å²) in [4.78, 5) is 12.8. The molecule has 0 saturated carbocycles. The first-order valence-corrected chi connectivity index (χ1v) is 12.2. The Labute approximate surface area is 192 Å². The molecule has 5 nitrogen and oxygen atoms in total. The van der Waals surface area contributed by atoms with E-state index in [2.05, 4.69) is 10.0 Å². The van der Waals surface area contributed by atoms with Crippen LogP contribution in [0.3, 0.4) is 0 Å². The van der Waals surface area contributed by atoms with Crippen LogP contribution in [0, 0.1) is 0 Å². The molecule has 0 radical (unpaired) electrons. The van der Waals surface area contributed by atoms with Crippen LogP contribution in [0.1, 0.15) is 21.5 Å². The van der Waals surface area contributed by atoms with Gasteiger partial charge in [-0.05, 0) is 29.2 Å². The van der Waals surface area contributed by atoms with Gasteiger partial charge in [0.05, 0.1) is 16.3 Å². The summed E-state index contributed by atoms with van der Waals surface area (Å²) < 4.78 is 25.1. The fourth-order valence-electron chi connectivity index (χ4n) is 3.12. The number of halogens is 2. The molecule has 0 aliphatic carbocycles. The molecule has 0 spiro atoms. The van der Waals surface area contributed by atoms with E-state index >= 15 is 0 Å². The van der Waals surface area contributed by atoms with Crippen molar-refractivity contribution in [3.8, 4) is 11.1 Å². The van der Waals surface area contributed by atoms with Crippen molar-refractivity contribution in [1.82, 2.24) is 10.0 Å². The topological polar surface area (TPSA) is 75.3 Å². The molecule has 0 aromatic heterocycles. The third-order valence-electron chi connectivity index (χ3n) is 4.69. The molecular weight excluding hydrogens is 455 g/mol. The molecule has 31 heavy (non-hydrogen) atoms. The van der Waals surface area contributed by atoms with E-state index in [1.807, 2.05) is 36.4 Å². The monoisotopic (exact) mass is 476 g/mol. The van der Waals surface area contributed by atoms with Crippen LogP contribution in [0.25, 0.3) is 11.1 Å². The molecule has 0 fully saturated rings. The highest BCUT2D eigenvalue weighted by Gasteiger charge is 2.17. The number of hydrogen-bond donors (Lipinski definition) is 2. The Bertz CT molecular complexity index is 1180. The van der Waals surface area contributed by atoms with Gasteiger partial charge >= 0.3 is 0 Å². The zero-order valence-corrected chi connectivity index (χ0v) is 19.2. The van der Waals surface area contributed by atoms with Crippen molar-refractivity contribution in [2.45, 2.75) is 13.0 Å². The zero-order valence-electron chi connectivity index (χ0n) is 16.9. The van der Waals surface area contributed by atoms with Crippen LogP contribution >= 0.6 is 23.2 Å². The average Bonchev–Trinajstić information content (AvgIpc) is 2.75. The van der Waals surface area contributed by atoms with Crippen LogP contribution in [0.15, 0.2) is 66.7 Å². The summed E-state index contributed by atoms with van der Waals surface area (Å²) in [5.74, 6) is -0.207. The minimum atomic E-state index is -3.37. The van der Waals surface area contributed by atoms with Crippen molar-refractivity contribution in [3.63, 3.8) is 0 Å². The Morgan fingerprint density at radius 1 is 0.871 bits per heavy atom. The van der Waals surface area contributed by atoms with Crippen molar-refractivity contribution in [2.75, 3.05) is 12.8 Å². The molecule has 0 heterocycles. The van der Waals surface area contributed by atoms with E-state index < -0.39 is 10.0 Å². The molecule has 0 saturated heterocycles. The smallest absolute Gasteiger partial charge is 0.251 e. The summed E-state index contributed by atoms with van der Waals surface area (Å²) in [6, 6.07) is 20.5. The lowest BCUT2D eigenvalue weighted by Crippen LogP contribution is -2.26. The summed E-state index contributed by atoms with van der Waals surface area (Å²) in [7, 11) is -3.37. The first kappa shape index (κ1) is 23.3. The Morgan fingerprint density at radius 3 is 2.26 bits per heavy atom. The zero-order chi connectivity index (χ0) is 22.4. The fraction of sp³-hybridized carbons (Fsp3) is 0.174. The maximum atomic E-state index is 12.8. The SMILES string of the molecule is CS(=O)(=O)NCc1ccc(-c2ccccc2C(=O)NCCc2ccccc2)c(Cl)c1Cl. The first-order valence-electron chi connectivity index (χ1n) is 9.59. The second-order valence-electron chi connectivity index (χ2n) is 7.03. The minimum absolute atomic E-state index is 0.0271. The Hall–Kier alpha value is -2.38. The normalized spacial score (nSPS) is 11.3. The molecule has 162 valence electrons. The van der Waals surface area contributed by atoms with Gasteiger partial charge < -0.3 is 5.32 Å². The molecule has 2 N–H and O–H groups in total. The number of benzene rings is 3. The predicted molar refractivity (Wildman–Crippen MR) is 126 cm³/mol. The maximum absolute atomic E-state index is 12.8. The molecule has 3 rings (SSSR count). The van der Waals surface area contributed by atoms with Gasteiger partial charge in [-0.1, -0.05) is 83.9 Å². The van der Waals surface area contributed by atoms with E-state index in [0.29, 0.717) is 28.8 Å². The standard InChI is InChI=1S/C23H22Cl2N2O3S/c1-31(29,30)27-15-17-11-12-19(22(25)21(17)24)18-9-5-6-10-20(18)23(28)26-14-13-16-7-3-2-4-8-16/h2-12,27H,13-15H2,1H3,(H,26,28). The number of sulfonamides is 1. The highest BCUT2D eigenvalue weighted by atomic mass is 35.5. The molecule has 0 bridgehead atoms. The van der Waals surface area contributed by atoms with Crippen molar-refractivity contribution in [1.29, 1.82) is 0 Å². The second-order valence-corrected chi connectivity index (χ2v) is 9.62. The van der Waals surface area contributed by atoms with Crippen LogP contribution in [-0.4, -0.2) is 27.1 Å². The number of carbonyl (C=O) groups excluding carboxylic acids is 1. The van der Waals surface area contributed by atoms with Gasteiger partial charge in [0, 0.05) is 24.2 Å². The number of nitrogens with one attached hydrogen (secondary N) is 2. The second kappa shape index (κ2) is 10.3. The molecule has 8 heteroatoms. The lowest BCUT2D eigenvalue weighted by molar-refractivity contribution is 0.0955. The van der Waals surface area contributed by atoms with Crippen LogP contribution in [0.5, 0.6) is 0 Å². The third-order valence-corrected chi connectivity index (χ3v) is 6.28. The number of hydrogen-bond acceptors (Lipinski definition) is 3. The van der Waals surface area contributed by atoms with Crippen LogP contribution in [0.4, 0.5) is 0 Å².